The van der Waals surface area contributed by atoms with E-state index in [1.807, 2.05) is 0 Å². The number of halogens is 2. The zero-order valence-electron chi connectivity index (χ0n) is 13.2. The van der Waals surface area contributed by atoms with Gasteiger partial charge in [0.1, 0.15) is 10.2 Å². The smallest absolute Gasteiger partial charge is 0.457 e. The van der Waals surface area contributed by atoms with Gasteiger partial charge < -0.3 is 22.4 Å². The first-order valence-electron chi connectivity index (χ1n) is 4.47. The molecule has 27 heteroatoms. The molecule has 24 nitrogen and oxygen atoms in total. The average molecular weight is 534 g/mol. The molecule has 0 aliphatic rings. The van der Waals surface area contributed by atoms with Crippen LogP contribution in [-0.2, 0) is 27.4 Å². The van der Waals surface area contributed by atoms with Crippen molar-refractivity contribution in [3.63, 3.8) is 0 Å². The van der Waals surface area contributed by atoms with Crippen LogP contribution in [0.5, 0.6) is 0 Å². The van der Waals surface area contributed by atoms with Crippen LogP contribution in [0, 0.1) is 40.7 Å². The zero-order valence-corrected chi connectivity index (χ0v) is 15.7. The van der Waals surface area contributed by atoms with Crippen LogP contribution in [-0.4, -0.2) is 22.0 Å². The molecular formula is C2H16Cl2N10NiO14+2. The van der Waals surface area contributed by atoms with E-state index >= 15 is 0 Å². The van der Waals surface area contributed by atoms with Gasteiger partial charge in [0, 0.05) is 0 Å². The number of hydrazine groups is 2. The van der Waals surface area contributed by atoms with Gasteiger partial charge in [-0.2, -0.15) is 0 Å². The molecule has 0 atom stereocenters. The molecule has 180 valence electrons. The van der Waals surface area contributed by atoms with Crippen molar-refractivity contribution in [3.05, 3.63) is 20.2 Å². The Morgan fingerprint density at radius 2 is 0.828 bits per heavy atom. The Labute approximate surface area is 172 Å². The summed E-state index contributed by atoms with van der Waals surface area (Å²) >= 11 is 0. The van der Waals surface area contributed by atoms with Crippen LogP contribution in [0.1, 0.15) is 0 Å². The normalized spacial score (nSPS) is 10.1. The summed E-state index contributed by atoms with van der Waals surface area (Å²) < 4.78 is 67.9. The van der Waals surface area contributed by atoms with E-state index in [1.54, 1.807) is 10.9 Å². The number of rotatable bonds is 2. The van der Waals surface area contributed by atoms with E-state index in [2.05, 4.69) is 21.9 Å². The minimum absolute atomic E-state index is 0. The largest absolute Gasteiger partial charge is 2.00 e. The van der Waals surface area contributed by atoms with Gasteiger partial charge in [-0.25, -0.2) is 69.2 Å². The van der Waals surface area contributed by atoms with Gasteiger partial charge in [0.15, 0.2) is 10.1 Å². The zero-order chi connectivity index (χ0) is 22.1. The van der Waals surface area contributed by atoms with Crippen molar-refractivity contribution < 1.29 is 95.3 Å². The van der Waals surface area contributed by atoms with Gasteiger partial charge in [0.05, 0.1) is 0 Å². The molecule has 0 rings (SSSR count). The molecule has 0 saturated heterocycles. The van der Waals surface area contributed by atoms with Crippen molar-refractivity contribution in [1.29, 1.82) is 0 Å². The molecule has 29 heavy (non-hydrogen) atoms. The molecule has 0 heterocycles. The summed E-state index contributed by atoms with van der Waals surface area (Å²) in [5.74, 6) is 8.38. The van der Waals surface area contributed by atoms with Gasteiger partial charge in [-0.05, 0) is 0 Å². The number of nitrogens with zero attached hydrogens (tertiary/aromatic N) is 4. The van der Waals surface area contributed by atoms with Crippen molar-refractivity contribution >= 4 is 11.9 Å². The Kier molecular flexibility index (Phi) is 37.7. The first kappa shape index (κ1) is 45.6. The molecule has 0 aromatic rings. The van der Waals surface area contributed by atoms with E-state index in [0.717, 1.165) is 0 Å². The Morgan fingerprint density at radius 3 is 0.862 bits per heavy atom. The number of nitrogens with two attached hydrogens (primary N) is 4. The third-order valence-electron chi connectivity index (χ3n) is 0.675. The monoisotopic (exact) mass is 532 g/mol. The molecule has 0 spiro atoms. The number of hydrazone groups is 2. The van der Waals surface area contributed by atoms with Crippen LogP contribution in [0.15, 0.2) is 10.2 Å². The van der Waals surface area contributed by atoms with Crippen molar-refractivity contribution in [2.45, 2.75) is 0 Å². The second-order valence-corrected chi connectivity index (χ2v) is 4.00. The van der Waals surface area contributed by atoms with Gasteiger partial charge in [0.25, 0.3) is 11.9 Å². The maximum Gasteiger partial charge on any atom is 2.00 e. The van der Waals surface area contributed by atoms with Crippen LogP contribution >= 0.6 is 0 Å². The summed E-state index contributed by atoms with van der Waals surface area (Å²) in [4.78, 5) is 18.8. The fraction of sp³-hybridized carbons (Fsp3) is 0. The minimum Gasteiger partial charge on any atom is -0.457 e. The van der Waals surface area contributed by atoms with Crippen LogP contribution in [0.3, 0.4) is 0 Å². The Bertz CT molecular complexity index is 410. The van der Waals surface area contributed by atoms with Gasteiger partial charge in [-0.1, -0.05) is 0 Å². The first-order chi connectivity index (χ1) is 11.3. The van der Waals surface area contributed by atoms with Crippen molar-refractivity contribution in [3.8, 4) is 0 Å². The van der Waals surface area contributed by atoms with Gasteiger partial charge in [-0.3, -0.25) is 10.9 Å². The van der Waals surface area contributed by atoms with E-state index in [9.17, 15) is 20.2 Å². The van der Waals surface area contributed by atoms with E-state index in [1.165, 1.54) is 0 Å². The molecular weight excluding hydrogens is 518 g/mol. The molecule has 0 aromatic carbocycles. The predicted molar refractivity (Wildman–Crippen MR) is 61.6 cm³/mol. The van der Waals surface area contributed by atoms with Crippen LogP contribution in [0.2, 0.25) is 0 Å². The molecule has 0 radical (unpaired) electrons. The quantitative estimate of drug-likeness (QED) is 0.0364. The Balaban J connectivity index is -0.0000000440. The molecule has 0 aliphatic carbocycles. The summed E-state index contributed by atoms with van der Waals surface area (Å²) in [7, 11) is -9.89. The van der Waals surface area contributed by atoms with Gasteiger partial charge in [0.2, 0.25) is 0 Å². The van der Waals surface area contributed by atoms with Crippen LogP contribution < -0.4 is 71.3 Å². The van der Waals surface area contributed by atoms with E-state index < -0.39 is 42.5 Å². The molecule has 0 amide bonds. The molecule has 16 N–H and O–H groups in total. The molecule has 0 fully saturated rings. The van der Waals surface area contributed by atoms with Crippen LogP contribution in [0.25, 0.3) is 0 Å². The second kappa shape index (κ2) is 24.0. The van der Waals surface area contributed by atoms with Crippen molar-refractivity contribution in [2.75, 3.05) is 0 Å². The molecule has 0 bridgehead atoms. The van der Waals surface area contributed by atoms with E-state index in [0.29, 0.717) is 0 Å². The van der Waals surface area contributed by atoms with Crippen LogP contribution in [0.4, 0.5) is 0 Å². The maximum atomic E-state index is 9.41. The number of hydrogen-bond acceptors (Lipinski definition) is 14. The third kappa shape index (κ3) is 151. The fourth-order valence-corrected chi connectivity index (χ4v) is 0.234. The summed E-state index contributed by atoms with van der Waals surface area (Å²) in [5, 5.41) is 22.1. The fourth-order valence-electron chi connectivity index (χ4n) is 0.234. The van der Waals surface area contributed by atoms with E-state index in [-0.39, 0.29) is 27.4 Å². The maximum absolute atomic E-state index is 9.41. The summed E-state index contributed by atoms with van der Waals surface area (Å²) in [5.41, 5.74) is 13.1. The first-order valence-corrected chi connectivity index (χ1v) is 6.94. The van der Waals surface area contributed by atoms with E-state index in [4.69, 9.17) is 48.7 Å². The molecule has 0 aromatic heterocycles. The molecule has 0 saturated carbocycles. The van der Waals surface area contributed by atoms with Gasteiger partial charge >= 0.3 is 16.5 Å². The summed E-state index contributed by atoms with van der Waals surface area (Å²) in [6.07, 6.45) is 0. The van der Waals surface area contributed by atoms with Crippen molar-refractivity contribution in [1.82, 2.24) is 10.9 Å². The average Bonchev–Trinajstić information content (AvgIpc) is 2.33. The van der Waals surface area contributed by atoms with Crippen molar-refractivity contribution in [2.24, 2.45) is 33.4 Å². The minimum atomic E-state index is -4.94. The summed E-state index contributed by atoms with van der Waals surface area (Å²) in [6.45, 7) is 0. The van der Waals surface area contributed by atoms with Gasteiger partial charge in [-0.15, -0.1) is 20.5 Å². The number of hydrogen-bond donors (Lipinski definition) is 6. The third-order valence-corrected chi connectivity index (χ3v) is 0.675. The summed E-state index contributed by atoms with van der Waals surface area (Å²) in [6, 6.07) is 0. The SMILES string of the molecule is NN/C(N)=N/[N+](=O)[O-].NN/C(N)=N/[N+](=O)[O-].[Ni+2].[O-][Cl+3]([O-])([O-])[O-].[O-][Cl+3]([O-])([O-])[O-].[OH3+].[OH3+]. The molecule has 0 unspecified atom stereocenters. The number of nitrogens with one attached hydrogen (secondary N) is 2. The standard InChI is InChI=1S/2CH5N5O2.2ClHO4.Ni.2H2O/c2*2-1(4-3)5-6(7)8;2*2-1(3,4)5;;;/h2*3H2,(H3,2,4,5);2*(H,2,3,4,5);;2*1H2/q;;;;+2;;. The second-order valence-electron chi connectivity index (χ2n) is 2.49. The topological polar surface area (TPSA) is 490 Å². The Hall–Kier alpha value is -2.07. The number of guanidine groups is 2. The predicted octanol–water partition coefficient (Wildman–Crippen LogP) is -15.4. The number of nitro groups is 2. The Morgan fingerprint density at radius 1 is 0.690 bits per heavy atom. The molecule has 0 aliphatic heterocycles.